The number of benzene rings is 1. The molecular weight excluding hydrogens is 330 g/mol. The van der Waals surface area contributed by atoms with Gasteiger partial charge in [0.1, 0.15) is 5.82 Å². The molecule has 2 aromatic rings. The summed E-state index contributed by atoms with van der Waals surface area (Å²) in [6.07, 6.45) is 5.09. The van der Waals surface area contributed by atoms with Crippen LogP contribution < -0.4 is 10.2 Å². The van der Waals surface area contributed by atoms with Gasteiger partial charge in [0, 0.05) is 31.9 Å². The van der Waals surface area contributed by atoms with Gasteiger partial charge in [0.05, 0.1) is 5.56 Å². The van der Waals surface area contributed by atoms with E-state index in [2.05, 4.69) is 10.3 Å². The monoisotopic (exact) mass is 355 g/mol. The van der Waals surface area contributed by atoms with Crippen molar-refractivity contribution in [1.82, 2.24) is 10.3 Å². The summed E-state index contributed by atoms with van der Waals surface area (Å²) in [6, 6.07) is 13.5. The summed E-state index contributed by atoms with van der Waals surface area (Å²) in [7, 11) is 1.93. The number of aliphatic carboxylic acids is 1. The molecule has 0 bridgehead atoms. The van der Waals surface area contributed by atoms with Crippen LogP contribution in [0, 0.1) is 0 Å². The molecule has 0 unspecified atom stereocenters. The molecule has 0 atom stereocenters. The van der Waals surface area contributed by atoms with Crippen LogP contribution in [0.15, 0.2) is 48.7 Å². The number of pyridine rings is 1. The minimum Gasteiger partial charge on any atom is -0.481 e. The number of carbonyl (C=O) groups excluding carboxylic acids is 1. The molecule has 1 heterocycles. The van der Waals surface area contributed by atoms with E-state index in [1.807, 2.05) is 48.3 Å². The lowest BCUT2D eigenvalue weighted by molar-refractivity contribution is -0.137. The van der Waals surface area contributed by atoms with E-state index in [1.54, 1.807) is 12.3 Å². The van der Waals surface area contributed by atoms with Crippen LogP contribution in [-0.4, -0.2) is 35.6 Å². The van der Waals surface area contributed by atoms with Gasteiger partial charge in [0.2, 0.25) is 0 Å². The number of rotatable bonds is 10. The Kier molecular flexibility index (Phi) is 7.61. The molecule has 26 heavy (non-hydrogen) atoms. The van der Waals surface area contributed by atoms with Gasteiger partial charge in [-0.15, -0.1) is 0 Å². The first-order valence-corrected chi connectivity index (χ1v) is 8.83. The number of nitrogens with zero attached hydrogens (tertiary/aromatic N) is 2. The normalized spacial score (nSPS) is 10.3. The summed E-state index contributed by atoms with van der Waals surface area (Å²) in [4.78, 5) is 28.9. The number of nitrogens with one attached hydrogen (secondary N) is 1. The van der Waals surface area contributed by atoms with Gasteiger partial charge in [0.15, 0.2) is 0 Å². The highest BCUT2D eigenvalue weighted by Crippen LogP contribution is 2.20. The van der Waals surface area contributed by atoms with Gasteiger partial charge in [-0.2, -0.15) is 0 Å². The predicted molar refractivity (Wildman–Crippen MR) is 102 cm³/mol. The first-order chi connectivity index (χ1) is 12.6. The van der Waals surface area contributed by atoms with Gasteiger partial charge in [0.25, 0.3) is 5.91 Å². The Hall–Kier alpha value is -2.89. The van der Waals surface area contributed by atoms with Crippen molar-refractivity contribution in [2.75, 3.05) is 18.5 Å². The lowest BCUT2D eigenvalue weighted by Crippen LogP contribution is -2.24. The predicted octanol–water partition coefficient (Wildman–Crippen LogP) is 3.61. The average Bonchev–Trinajstić information content (AvgIpc) is 2.67. The Morgan fingerprint density at radius 2 is 1.77 bits per heavy atom. The van der Waals surface area contributed by atoms with Crippen LogP contribution in [0.1, 0.15) is 42.5 Å². The molecule has 0 aliphatic heterocycles. The van der Waals surface area contributed by atoms with E-state index in [4.69, 9.17) is 5.11 Å². The quantitative estimate of drug-likeness (QED) is 0.636. The third-order valence-corrected chi connectivity index (χ3v) is 4.10. The number of carboxylic acid groups (broad SMARTS) is 1. The van der Waals surface area contributed by atoms with Crippen LogP contribution in [-0.2, 0) is 4.79 Å². The van der Waals surface area contributed by atoms with Gasteiger partial charge in [-0.3, -0.25) is 9.59 Å². The minimum absolute atomic E-state index is 0.142. The largest absolute Gasteiger partial charge is 0.481 e. The van der Waals surface area contributed by atoms with Crippen molar-refractivity contribution < 1.29 is 14.7 Å². The first kappa shape index (κ1) is 19.4. The van der Waals surface area contributed by atoms with Gasteiger partial charge >= 0.3 is 5.97 Å². The molecular formula is C20H25N3O3. The highest BCUT2D eigenvalue weighted by molar-refractivity contribution is 5.94. The third-order valence-electron chi connectivity index (χ3n) is 4.10. The molecule has 6 nitrogen and oxygen atoms in total. The first-order valence-electron chi connectivity index (χ1n) is 8.83. The smallest absolute Gasteiger partial charge is 0.303 e. The maximum absolute atomic E-state index is 12.1. The van der Waals surface area contributed by atoms with Crippen LogP contribution in [0.2, 0.25) is 0 Å². The maximum Gasteiger partial charge on any atom is 0.303 e. The van der Waals surface area contributed by atoms with Crippen molar-refractivity contribution >= 4 is 23.4 Å². The number of anilines is 2. The van der Waals surface area contributed by atoms with E-state index in [1.165, 1.54) is 0 Å². The van der Waals surface area contributed by atoms with E-state index < -0.39 is 5.97 Å². The van der Waals surface area contributed by atoms with Crippen molar-refractivity contribution in [2.24, 2.45) is 0 Å². The molecule has 1 aromatic heterocycles. The fraction of sp³-hybridized carbons (Fsp3) is 0.350. The van der Waals surface area contributed by atoms with Crippen molar-refractivity contribution in [3.63, 3.8) is 0 Å². The number of para-hydroxylation sites is 1. The zero-order valence-electron chi connectivity index (χ0n) is 15.0. The zero-order chi connectivity index (χ0) is 18.8. The molecule has 2 rings (SSSR count). The second kappa shape index (κ2) is 10.2. The Morgan fingerprint density at radius 3 is 2.42 bits per heavy atom. The lowest BCUT2D eigenvalue weighted by atomic mass is 10.1. The molecule has 2 N–H and O–H groups in total. The van der Waals surface area contributed by atoms with Gasteiger partial charge in [-0.05, 0) is 37.1 Å². The van der Waals surface area contributed by atoms with Gasteiger partial charge in [-0.25, -0.2) is 4.98 Å². The zero-order valence-corrected chi connectivity index (χ0v) is 15.0. The molecule has 0 aliphatic rings. The van der Waals surface area contributed by atoms with Gasteiger partial charge in [-0.1, -0.05) is 31.0 Å². The SMILES string of the molecule is CN(c1ccccc1)c1ccc(C(=O)NCCCCCCC(=O)O)cn1. The summed E-state index contributed by atoms with van der Waals surface area (Å²) < 4.78 is 0. The van der Waals surface area contributed by atoms with E-state index in [-0.39, 0.29) is 12.3 Å². The highest BCUT2D eigenvalue weighted by atomic mass is 16.4. The Labute approximate surface area is 153 Å². The van der Waals surface area contributed by atoms with Crippen LogP contribution in [0.4, 0.5) is 11.5 Å². The van der Waals surface area contributed by atoms with Crippen LogP contribution in [0.3, 0.4) is 0 Å². The molecule has 1 aromatic carbocycles. The van der Waals surface area contributed by atoms with Crippen LogP contribution in [0.25, 0.3) is 0 Å². The van der Waals surface area contributed by atoms with Crippen molar-refractivity contribution in [3.05, 3.63) is 54.2 Å². The Morgan fingerprint density at radius 1 is 1.04 bits per heavy atom. The summed E-state index contributed by atoms with van der Waals surface area (Å²) in [5, 5.41) is 11.4. The minimum atomic E-state index is -0.757. The highest BCUT2D eigenvalue weighted by Gasteiger charge is 2.08. The number of aromatic nitrogens is 1. The standard InChI is InChI=1S/C20H25N3O3/c1-23(17-9-5-4-6-10-17)18-13-12-16(15-22-18)20(26)21-14-8-3-2-7-11-19(24)25/h4-6,9-10,12-13,15H,2-3,7-8,11,14H2,1H3,(H,21,26)(H,24,25). The topological polar surface area (TPSA) is 82.5 Å². The fourth-order valence-electron chi connectivity index (χ4n) is 2.56. The molecule has 1 amide bonds. The van der Waals surface area contributed by atoms with Crippen LogP contribution in [0.5, 0.6) is 0 Å². The Bertz CT molecular complexity index is 702. The van der Waals surface area contributed by atoms with E-state index in [0.29, 0.717) is 18.5 Å². The molecule has 0 spiro atoms. The summed E-state index contributed by atoms with van der Waals surface area (Å²) >= 11 is 0. The number of hydrogen-bond donors (Lipinski definition) is 2. The number of carboxylic acids is 1. The summed E-state index contributed by atoms with van der Waals surface area (Å²) in [5.41, 5.74) is 1.56. The molecule has 0 saturated carbocycles. The number of carbonyl (C=O) groups is 2. The molecule has 0 radical (unpaired) electrons. The van der Waals surface area contributed by atoms with E-state index in [9.17, 15) is 9.59 Å². The average molecular weight is 355 g/mol. The van der Waals surface area contributed by atoms with Crippen molar-refractivity contribution in [2.45, 2.75) is 32.1 Å². The number of hydrogen-bond acceptors (Lipinski definition) is 4. The fourth-order valence-corrected chi connectivity index (χ4v) is 2.56. The molecule has 6 heteroatoms. The third kappa shape index (κ3) is 6.20. The molecule has 0 aliphatic carbocycles. The molecule has 0 fully saturated rings. The second-order valence-corrected chi connectivity index (χ2v) is 6.11. The van der Waals surface area contributed by atoms with Gasteiger partial charge < -0.3 is 15.3 Å². The lowest BCUT2D eigenvalue weighted by Gasteiger charge is -2.18. The van der Waals surface area contributed by atoms with Crippen molar-refractivity contribution in [1.29, 1.82) is 0 Å². The second-order valence-electron chi connectivity index (χ2n) is 6.11. The maximum atomic E-state index is 12.1. The van der Waals surface area contributed by atoms with E-state index in [0.717, 1.165) is 30.8 Å². The summed E-state index contributed by atoms with van der Waals surface area (Å²) in [5.74, 6) is -0.129. The van der Waals surface area contributed by atoms with E-state index >= 15 is 0 Å². The molecule has 138 valence electrons. The number of amides is 1. The number of unbranched alkanes of at least 4 members (excludes halogenated alkanes) is 3. The van der Waals surface area contributed by atoms with Crippen LogP contribution >= 0.6 is 0 Å². The Balaban J connectivity index is 1.75. The molecule has 0 saturated heterocycles. The van der Waals surface area contributed by atoms with Crippen molar-refractivity contribution in [3.8, 4) is 0 Å². The summed E-state index contributed by atoms with van der Waals surface area (Å²) in [6.45, 7) is 0.581.